The van der Waals surface area contributed by atoms with Crippen molar-refractivity contribution in [3.63, 3.8) is 0 Å². The van der Waals surface area contributed by atoms with E-state index in [4.69, 9.17) is 14.9 Å². The topological polar surface area (TPSA) is 132 Å². The van der Waals surface area contributed by atoms with E-state index in [1.807, 2.05) is 0 Å². The number of carbonyl (C=O) groups is 2. The highest BCUT2D eigenvalue weighted by Crippen LogP contribution is 2.32. The van der Waals surface area contributed by atoms with Crippen molar-refractivity contribution in [3.8, 4) is 5.75 Å². The first kappa shape index (κ1) is 27.6. The second-order valence-electron chi connectivity index (χ2n) is 8.76. The van der Waals surface area contributed by atoms with Crippen LogP contribution in [0.2, 0.25) is 0 Å². The maximum absolute atomic E-state index is 14.0. The van der Waals surface area contributed by atoms with E-state index in [1.54, 1.807) is 92.9 Å². The normalized spacial score (nSPS) is 12.8. The van der Waals surface area contributed by atoms with Gasteiger partial charge in [-0.15, -0.1) is 0 Å². The van der Waals surface area contributed by atoms with Crippen LogP contribution < -0.4 is 20.7 Å². The van der Waals surface area contributed by atoms with E-state index in [-0.39, 0.29) is 17.2 Å². The summed E-state index contributed by atoms with van der Waals surface area (Å²) in [5.74, 6) is -0.748. The van der Waals surface area contributed by atoms with Crippen LogP contribution in [-0.2, 0) is 26.0 Å². The van der Waals surface area contributed by atoms with Crippen LogP contribution in [0.25, 0.3) is 0 Å². The molecule has 1 aromatic heterocycles. The summed E-state index contributed by atoms with van der Waals surface area (Å²) in [6.07, 6.45) is 1.38. The van der Waals surface area contributed by atoms with Crippen LogP contribution in [0.3, 0.4) is 0 Å². The number of benzene rings is 3. The molecule has 3 N–H and O–H groups in total. The standard InChI is InChI=1S/C29H29N3O6S/c1-20-9-6-7-12-24(20)32(29(34)27(30)39(35,36)23-10-4-3-5-11-23)26(25-13-8-18-38-25)28(33)31-19-21-14-16-22(37-2)17-15-21/h3-18,26-27H,19,30H2,1-2H3,(H,31,33). The first-order chi connectivity index (χ1) is 18.7. The highest BCUT2D eigenvalue weighted by molar-refractivity contribution is 7.92. The lowest BCUT2D eigenvalue weighted by atomic mass is 10.1. The SMILES string of the molecule is COc1ccc(CNC(=O)C(c2ccco2)N(C(=O)C(N)S(=O)(=O)c2ccccc2)c2ccccc2C)cc1. The molecule has 202 valence electrons. The molecule has 0 fully saturated rings. The van der Waals surface area contributed by atoms with Crippen LogP contribution in [-0.4, -0.2) is 32.7 Å². The summed E-state index contributed by atoms with van der Waals surface area (Å²) in [6.45, 7) is 1.89. The number of hydrogen-bond acceptors (Lipinski definition) is 7. The van der Waals surface area contributed by atoms with Crippen molar-refractivity contribution >= 4 is 27.3 Å². The van der Waals surface area contributed by atoms with Crippen molar-refractivity contribution in [2.45, 2.75) is 29.8 Å². The van der Waals surface area contributed by atoms with E-state index >= 15 is 0 Å². The van der Waals surface area contributed by atoms with Gasteiger partial charge in [0.2, 0.25) is 9.84 Å². The molecule has 10 heteroatoms. The average Bonchev–Trinajstić information content (AvgIpc) is 3.49. The number of nitrogens with two attached hydrogens (primary N) is 1. The van der Waals surface area contributed by atoms with Gasteiger partial charge < -0.3 is 20.2 Å². The molecule has 0 saturated heterocycles. The molecule has 4 aromatic rings. The first-order valence-electron chi connectivity index (χ1n) is 12.1. The maximum atomic E-state index is 14.0. The monoisotopic (exact) mass is 547 g/mol. The fourth-order valence-corrected chi connectivity index (χ4v) is 5.30. The molecule has 4 rings (SSSR count). The third kappa shape index (κ3) is 6.02. The van der Waals surface area contributed by atoms with Crippen LogP contribution in [0, 0.1) is 6.92 Å². The van der Waals surface area contributed by atoms with E-state index in [2.05, 4.69) is 5.32 Å². The number of para-hydroxylation sites is 1. The molecule has 1 heterocycles. The Kier molecular flexibility index (Phi) is 8.48. The third-order valence-corrected chi connectivity index (χ3v) is 8.01. The Balaban J connectivity index is 1.74. The molecule has 3 aromatic carbocycles. The summed E-state index contributed by atoms with van der Waals surface area (Å²) in [7, 11) is -2.72. The molecule has 2 atom stereocenters. The van der Waals surface area contributed by atoms with Crippen molar-refractivity contribution in [2.75, 3.05) is 12.0 Å². The molecule has 2 unspecified atom stereocenters. The molecule has 0 aliphatic carbocycles. The van der Waals surface area contributed by atoms with Gasteiger partial charge >= 0.3 is 0 Å². The number of anilines is 1. The second kappa shape index (κ2) is 12.0. The predicted octanol–water partition coefficient (Wildman–Crippen LogP) is 3.75. The summed E-state index contributed by atoms with van der Waals surface area (Å²) in [6, 6.07) is 23.2. The highest BCUT2D eigenvalue weighted by Gasteiger charge is 2.41. The fourth-order valence-electron chi connectivity index (χ4n) is 4.10. The molecule has 0 aliphatic rings. The lowest BCUT2D eigenvalue weighted by Gasteiger charge is -2.32. The van der Waals surface area contributed by atoms with Crippen LogP contribution in [0.15, 0.2) is 107 Å². The number of nitrogens with one attached hydrogen (secondary N) is 1. The quantitative estimate of drug-likeness (QED) is 0.309. The van der Waals surface area contributed by atoms with Crippen LogP contribution in [0.1, 0.15) is 22.9 Å². The van der Waals surface area contributed by atoms with Crippen molar-refractivity contribution in [3.05, 3.63) is 114 Å². The zero-order valence-corrected chi connectivity index (χ0v) is 22.3. The maximum Gasteiger partial charge on any atom is 0.261 e. The molecule has 9 nitrogen and oxygen atoms in total. The van der Waals surface area contributed by atoms with Gasteiger partial charge in [-0.3, -0.25) is 14.5 Å². The van der Waals surface area contributed by atoms with Crippen molar-refractivity contribution in [1.82, 2.24) is 5.32 Å². The van der Waals surface area contributed by atoms with Crippen LogP contribution in [0.5, 0.6) is 5.75 Å². The third-order valence-electron chi connectivity index (χ3n) is 6.21. The zero-order chi connectivity index (χ0) is 28.0. The van der Waals surface area contributed by atoms with Gasteiger partial charge in [0, 0.05) is 12.2 Å². The largest absolute Gasteiger partial charge is 0.497 e. The highest BCUT2D eigenvalue weighted by atomic mass is 32.2. The lowest BCUT2D eigenvalue weighted by Crippen LogP contribution is -2.52. The average molecular weight is 548 g/mol. The Bertz CT molecular complexity index is 1520. The number of methoxy groups -OCH3 is 1. The lowest BCUT2D eigenvalue weighted by molar-refractivity contribution is -0.127. The Labute approximate surface area is 227 Å². The van der Waals surface area contributed by atoms with E-state index in [9.17, 15) is 18.0 Å². The van der Waals surface area contributed by atoms with Gasteiger partial charge in [0.1, 0.15) is 11.5 Å². The number of amides is 2. The number of carbonyl (C=O) groups excluding carboxylic acids is 2. The van der Waals surface area contributed by atoms with Gasteiger partial charge in [-0.2, -0.15) is 0 Å². The van der Waals surface area contributed by atoms with Gasteiger partial charge in [0.15, 0.2) is 11.4 Å². The molecule has 0 bridgehead atoms. The molecule has 2 amide bonds. The van der Waals surface area contributed by atoms with Crippen molar-refractivity contribution in [2.24, 2.45) is 5.73 Å². The Morgan fingerprint density at radius 2 is 1.62 bits per heavy atom. The fraction of sp³-hybridized carbons (Fsp3) is 0.172. The molecule has 39 heavy (non-hydrogen) atoms. The van der Waals surface area contributed by atoms with Crippen molar-refractivity contribution in [1.29, 1.82) is 0 Å². The van der Waals surface area contributed by atoms with Crippen molar-refractivity contribution < 1.29 is 27.2 Å². The summed E-state index contributed by atoms with van der Waals surface area (Å²) in [5.41, 5.74) is 7.89. The molecular formula is C29H29N3O6S. The number of furan rings is 1. The molecule has 0 saturated carbocycles. The number of aryl methyl sites for hydroxylation is 1. The Morgan fingerprint density at radius 3 is 2.23 bits per heavy atom. The van der Waals surface area contributed by atoms with E-state index in [0.29, 0.717) is 17.0 Å². The number of rotatable bonds is 10. The summed E-state index contributed by atoms with van der Waals surface area (Å²) < 4.78 is 37.4. The second-order valence-corrected chi connectivity index (χ2v) is 10.8. The van der Waals surface area contributed by atoms with E-state index < -0.39 is 33.1 Å². The number of sulfone groups is 1. The smallest absolute Gasteiger partial charge is 0.261 e. The molecule has 0 aliphatic heterocycles. The number of hydrogen-bond donors (Lipinski definition) is 2. The van der Waals surface area contributed by atoms with Gasteiger partial charge in [-0.05, 0) is 60.5 Å². The van der Waals surface area contributed by atoms with Gasteiger partial charge in [-0.1, -0.05) is 48.5 Å². The Hall–Kier alpha value is -4.41. The van der Waals surface area contributed by atoms with Gasteiger partial charge in [-0.25, -0.2) is 8.42 Å². The van der Waals surface area contributed by atoms with Crippen LogP contribution >= 0.6 is 0 Å². The molecule has 0 radical (unpaired) electrons. The number of nitrogens with zero attached hydrogens (tertiary/aromatic N) is 1. The molecular weight excluding hydrogens is 518 g/mol. The summed E-state index contributed by atoms with van der Waals surface area (Å²) in [4.78, 5) is 28.7. The summed E-state index contributed by atoms with van der Waals surface area (Å²) in [5, 5.41) is 0.855. The summed E-state index contributed by atoms with van der Waals surface area (Å²) >= 11 is 0. The Morgan fingerprint density at radius 1 is 0.949 bits per heavy atom. The minimum absolute atomic E-state index is 0.103. The predicted molar refractivity (Wildman–Crippen MR) is 147 cm³/mol. The van der Waals surface area contributed by atoms with Crippen LogP contribution in [0.4, 0.5) is 5.69 Å². The number of ether oxygens (including phenoxy) is 1. The first-order valence-corrected chi connectivity index (χ1v) is 13.7. The minimum Gasteiger partial charge on any atom is -0.497 e. The van der Waals surface area contributed by atoms with E-state index in [0.717, 1.165) is 10.5 Å². The minimum atomic E-state index is -4.28. The van der Waals surface area contributed by atoms with Gasteiger partial charge in [0.05, 0.1) is 18.3 Å². The van der Waals surface area contributed by atoms with E-state index in [1.165, 1.54) is 18.4 Å². The zero-order valence-electron chi connectivity index (χ0n) is 21.5. The van der Waals surface area contributed by atoms with Gasteiger partial charge in [0.25, 0.3) is 11.8 Å². The molecule has 0 spiro atoms.